The molecule has 2 heteroatoms. The zero-order valence-corrected chi connectivity index (χ0v) is 11.5. The molecule has 1 rings (SSSR count). The Morgan fingerprint density at radius 1 is 1.08 bits per heavy atom. The molecule has 0 N–H and O–H groups in total. The first-order valence-electron chi connectivity index (χ1n) is 4.24. The maximum Gasteiger partial charge on any atom is 0.0680 e. The summed E-state index contributed by atoms with van der Waals surface area (Å²) in [6.45, 7) is 11.3. The lowest BCUT2D eigenvalue weighted by Crippen LogP contribution is -2.08. The molecule has 0 spiro atoms. The summed E-state index contributed by atoms with van der Waals surface area (Å²) in [4.78, 5) is 0. The van der Waals surface area contributed by atoms with E-state index in [0.29, 0.717) is 10.8 Å². The van der Waals surface area contributed by atoms with E-state index in [2.05, 4.69) is 72.6 Å². The zero-order valence-electron chi connectivity index (χ0n) is 8.33. The number of alkyl halides is 1. The average Bonchev–Trinajstić information content (AvgIpc) is 2.28. The van der Waals surface area contributed by atoms with Crippen LogP contribution in [-0.4, -0.2) is 4.32 Å². The molecule has 1 aliphatic rings. The molecule has 0 heterocycles. The summed E-state index contributed by atoms with van der Waals surface area (Å²) in [5.41, 5.74) is 0.649. The predicted octanol–water partition coefficient (Wildman–Crippen LogP) is 4.48. The highest BCUT2D eigenvalue weighted by Gasteiger charge is 2.77. The van der Waals surface area contributed by atoms with Crippen LogP contribution in [0.25, 0.3) is 0 Å². The van der Waals surface area contributed by atoms with Crippen LogP contribution in [-0.2, 0) is 0 Å². The van der Waals surface area contributed by atoms with Crippen LogP contribution < -0.4 is 0 Å². The Labute approximate surface area is 92.1 Å². The minimum atomic E-state index is 0.141. The quantitative estimate of drug-likeness (QED) is 0.626. The second-order valence-corrected chi connectivity index (χ2v) is 6.59. The van der Waals surface area contributed by atoms with Crippen molar-refractivity contribution in [3.63, 3.8) is 0 Å². The fraction of sp³-hybridized carbons (Fsp3) is 0.800. The molecular weight excluding hydrogens is 280 g/mol. The summed E-state index contributed by atoms with van der Waals surface area (Å²) in [6, 6.07) is 0. The van der Waals surface area contributed by atoms with Gasteiger partial charge in [0.15, 0.2) is 0 Å². The van der Waals surface area contributed by atoms with E-state index in [4.69, 9.17) is 0 Å². The van der Waals surface area contributed by atoms with E-state index in [1.807, 2.05) is 0 Å². The second-order valence-electron chi connectivity index (χ2n) is 4.55. The number of hydrogen-bond donors (Lipinski definition) is 0. The van der Waals surface area contributed by atoms with E-state index in [1.165, 1.54) is 4.48 Å². The van der Waals surface area contributed by atoms with Crippen LogP contribution in [0.15, 0.2) is 10.6 Å². The predicted molar refractivity (Wildman–Crippen MR) is 61.9 cm³/mol. The van der Waals surface area contributed by atoms with Crippen molar-refractivity contribution in [2.24, 2.45) is 10.8 Å². The van der Waals surface area contributed by atoms with E-state index < -0.39 is 0 Å². The van der Waals surface area contributed by atoms with Crippen molar-refractivity contribution in [1.82, 2.24) is 0 Å². The lowest BCUT2D eigenvalue weighted by atomic mass is 10.0. The maximum absolute atomic E-state index is 3.84. The van der Waals surface area contributed by atoms with Gasteiger partial charge in [0, 0.05) is 4.48 Å². The lowest BCUT2D eigenvalue weighted by Gasteiger charge is -2.12. The van der Waals surface area contributed by atoms with Gasteiger partial charge in [0.05, 0.1) is 4.32 Å². The van der Waals surface area contributed by atoms with Gasteiger partial charge in [-0.3, -0.25) is 0 Å². The second kappa shape index (κ2) is 2.60. The summed E-state index contributed by atoms with van der Waals surface area (Å²) in [6.07, 6.45) is 2.13. The van der Waals surface area contributed by atoms with Crippen molar-refractivity contribution < 1.29 is 0 Å². The molecule has 0 aliphatic heterocycles. The summed E-state index contributed by atoms with van der Waals surface area (Å²) in [7, 11) is 0. The molecular formula is C10H16Br2. The molecule has 12 heavy (non-hydrogen) atoms. The molecule has 1 saturated carbocycles. The maximum atomic E-state index is 3.84. The SMILES string of the molecule is C/C=C(\Br)C1(Br)C(C)(C)C1(C)C. The van der Waals surface area contributed by atoms with Crippen molar-refractivity contribution in [2.75, 3.05) is 0 Å². The third-order valence-corrected chi connectivity index (χ3v) is 7.80. The third kappa shape index (κ3) is 0.886. The first-order chi connectivity index (χ1) is 5.23. The Balaban J connectivity index is 3.09. The van der Waals surface area contributed by atoms with Gasteiger partial charge >= 0.3 is 0 Å². The van der Waals surface area contributed by atoms with Crippen LogP contribution in [0.1, 0.15) is 34.6 Å². The van der Waals surface area contributed by atoms with Gasteiger partial charge in [-0.2, -0.15) is 0 Å². The molecule has 0 bridgehead atoms. The normalized spacial score (nSPS) is 30.1. The molecule has 0 nitrogen and oxygen atoms in total. The molecule has 0 atom stereocenters. The highest BCUT2D eigenvalue weighted by atomic mass is 79.9. The summed E-state index contributed by atoms with van der Waals surface area (Å²) < 4.78 is 1.41. The van der Waals surface area contributed by atoms with E-state index in [9.17, 15) is 0 Å². The zero-order chi connectivity index (χ0) is 9.78. The number of allylic oxidation sites excluding steroid dienone is 2. The van der Waals surface area contributed by atoms with E-state index in [0.717, 1.165) is 0 Å². The lowest BCUT2D eigenvalue weighted by molar-refractivity contribution is 0.457. The van der Waals surface area contributed by atoms with Crippen LogP contribution in [0.2, 0.25) is 0 Å². The molecule has 1 fully saturated rings. The molecule has 0 saturated heterocycles. The molecule has 70 valence electrons. The van der Waals surface area contributed by atoms with Crippen molar-refractivity contribution in [3.05, 3.63) is 10.6 Å². The van der Waals surface area contributed by atoms with Crippen molar-refractivity contribution >= 4 is 31.9 Å². The average molecular weight is 296 g/mol. The highest BCUT2D eigenvalue weighted by molar-refractivity contribution is 9.14. The van der Waals surface area contributed by atoms with Gasteiger partial charge < -0.3 is 0 Å². The topological polar surface area (TPSA) is 0 Å². The van der Waals surface area contributed by atoms with Crippen molar-refractivity contribution in [1.29, 1.82) is 0 Å². The van der Waals surface area contributed by atoms with E-state index in [-0.39, 0.29) is 4.32 Å². The van der Waals surface area contributed by atoms with Crippen LogP contribution in [0, 0.1) is 10.8 Å². The molecule has 0 aromatic rings. The summed E-state index contributed by atoms with van der Waals surface area (Å²) in [5, 5.41) is 0. The molecule has 0 amide bonds. The van der Waals surface area contributed by atoms with Crippen molar-refractivity contribution in [2.45, 2.75) is 38.9 Å². The third-order valence-electron chi connectivity index (χ3n) is 3.80. The Morgan fingerprint density at radius 2 is 1.42 bits per heavy atom. The van der Waals surface area contributed by atoms with Gasteiger partial charge in [0.25, 0.3) is 0 Å². The van der Waals surface area contributed by atoms with E-state index >= 15 is 0 Å². The molecule has 0 unspecified atom stereocenters. The Bertz CT molecular complexity index is 222. The van der Waals surface area contributed by atoms with Gasteiger partial charge in [-0.25, -0.2) is 0 Å². The number of hydrogen-bond acceptors (Lipinski definition) is 0. The van der Waals surface area contributed by atoms with Gasteiger partial charge in [0.1, 0.15) is 0 Å². The fourth-order valence-corrected chi connectivity index (χ4v) is 4.15. The largest absolute Gasteiger partial charge is 0.0783 e. The molecule has 0 radical (unpaired) electrons. The van der Waals surface area contributed by atoms with Crippen LogP contribution in [0.5, 0.6) is 0 Å². The number of rotatable bonds is 1. The van der Waals surface area contributed by atoms with Gasteiger partial charge in [-0.05, 0) is 17.8 Å². The molecule has 0 aromatic carbocycles. The minimum absolute atomic E-state index is 0.141. The highest BCUT2D eigenvalue weighted by Crippen LogP contribution is 2.79. The minimum Gasteiger partial charge on any atom is -0.0783 e. The van der Waals surface area contributed by atoms with Gasteiger partial charge in [-0.1, -0.05) is 65.6 Å². The Morgan fingerprint density at radius 3 is 1.50 bits per heavy atom. The van der Waals surface area contributed by atoms with Gasteiger partial charge in [0.2, 0.25) is 0 Å². The Hall–Kier alpha value is 0.700. The monoisotopic (exact) mass is 294 g/mol. The van der Waals surface area contributed by atoms with Crippen LogP contribution in [0.4, 0.5) is 0 Å². The van der Waals surface area contributed by atoms with Gasteiger partial charge in [-0.15, -0.1) is 0 Å². The fourth-order valence-electron chi connectivity index (χ4n) is 2.04. The van der Waals surface area contributed by atoms with Crippen molar-refractivity contribution in [3.8, 4) is 0 Å². The Kier molecular flexibility index (Phi) is 2.34. The summed E-state index contributed by atoms with van der Waals surface area (Å²) >= 11 is 7.47. The first-order valence-corrected chi connectivity index (χ1v) is 5.83. The first kappa shape index (κ1) is 10.8. The number of halogens is 2. The standard InChI is InChI=1S/C10H16Br2/c1-6-7(11)10(12)8(2,3)9(10,4)5/h6H,1-5H3/b7-6-. The molecule has 0 aromatic heterocycles. The smallest absolute Gasteiger partial charge is 0.0680 e. The van der Waals surface area contributed by atoms with Crippen LogP contribution >= 0.6 is 31.9 Å². The summed E-state index contributed by atoms with van der Waals surface area (Å²) in [5.74, 6) is 0. The molecule has 1 aliphatic carbocycles. The van der Waals surface area contributed by atoms with Crippen LogP contribution in [0.3, 0.4) is 0 Å². The van der Waals surface area contributed by atoms with E-state index in [1.54, 1.807) is 0 Å².